The van der Waals surface area contributed by atoms with Crippen LogP contribution in [0.4, 0.5) is 0 Å². The maximum absolute atomic E-state index is 11.1. The molecule has 0 aliphatic heterocycles. The van der Waals surface area contributed by atoms with Crippen LogP contribution in [0, 0.1) is 0 Å². The molecule has 0 saturated heterocycles. The molecule has 4 heteroatoms. The van der Waals surface area contributed by atoms with Gasteiger partial charge in [-0.15, -0.1) is 6.58 Å². The SMILES string of the molecule is C=CCNC(=O)CSCC(C)(C)N. The Morgan fingerprint density at radius 1 is 1.69 bits per heavy atom. The minimum absolute atomic E-state index is 0.0363. The van der Waals surface area contributed by atoms with Gasteiger partial charge in [-0.2, -0.15) is 11.8 Å². The summed E-state index contributed by atoms with van der Waals surface area (Å²) in [5, 5.41) is 2.70. The van der Waals surface area contributed by atoms with Crippen molar-refractivity contribution in [2.24, 2.45) is 5.73 Å². The number of nitrogens with one attached hydrogen (secondary N) is 1. The number of carbonyl (C=O) groups excluding carboxylic acids is 1. The van der Waals surface area contributed by atoms with Gasteiger partial charge < -0.3 is 11.1 Å². The molecule has 0 fully saturated rings. The van der Waals surface area contributed by atoms with Crippen LogP contribution < -0.4 is 11.1 Å². The molecule has 0 spiro atoms. The van der Waals surface area contributed by atoms with Crippen molar-refractivity contribution in [3.8, 4) is 0 Å². The van der Waals surface area contributed by atoms with Crippen LogP contribution >= 0.6 is 11.8 Å². The Bertz CT molecular complexity index is 175. The van der Waals surface area contributed by atoms with E-state index in [1.54, 1.807) is 17.8 Å². The van der Waals surface area contributed by atoms with E-state index in [-0.39, 0.29) is 11.4 Å². The van der Waals surface area contributed by atoms with Crippen molar-refractivity contribution in [3.05, 3.63) is 12.7 Å². The Morgan fingerprint density at radius 2 is 2.31 bits per heavy atom. The zero-order chi connectivity index (χ0) is 10.3. The lowest BCUT2D eigenvalue weighted by Gasteiger charge is -2.17. The minimum atomic E-state index is -0.205. The Kier molecular flexibility index (Phi) is 5.82. The van der Waals surface area contributed by atoms with Gasteiger partial charge in [0.15, 0.2) is 0 Å². The molecular formula is C9H18N2OS. The van der Waals surface area contributed by atoms with E-state index < -0.39 is 0 Å². The topological polar surface area (TPSA) is 55.1 Å². The van der Waals surface area contributed by atoms with E-state index >= 15 is 0 Å². The number of thioether (sulfide) groups is 1. The Labute approximate surface area is 84.1 Å². The molecule has 0 saturated carbocycles. The molecule has 0 aromatic carbocycles. The number of nitrogens with two attached hydrogens (primary N) is 1. The summed E-state index contributed by atoms with van der Waals surface area (Å²) >= 11 is 1.55. The van der Waals surface area contributed by atoms with Gasteiger partial charge in [0.25, 0.3) is 0 Å². The summed E-state index contributed by atoms with van der Waals surface area (Å²) in [5.41, 5.74) is 5.55. The van der Waals surface area contributed by atoms with Gasteiger partial charge in [-0.05, 0) is 13.8 Å². The van der Waals surface area contributed by atoms with Crippen molar-refractivity contribution in [2.75, 3.05) is 18.1 Å². The molecule has 0 aliphatic rings. The summed E-state index contributed by atoms with van der Waals surface area (Å²) in [6, 6.07) is 0. The molecule has 0 aliphatic carbocycles. The van der Waals surface area contributed by atoms with Crippen LogP contribution in [0.3, 0.4) is 0 Å². The van der Waals surface area contributed by atoms with Gasteiger partial charge in [0, 0.05) is 17.8 Å². The first-order valence-corrected chi connectivity index (χ1v) is 5.35. The first-order chi connectivity index (χ1) is 5.95. The second-order valence-corrected chi connectivity index (χ2v) is 4.56. The van der Waals surface area contributed by atoms with Gasteiger partial charge in [-0.3, -0.25) is 4.79 Å². The fraction of sp³-hybridized carbons (Fsp3) is 0.667. The van der Waals surface area contributed by atoms with Crippen LogP contribution in [-0.2, 0) is 4.79 Å². The molecule has 0 aromatic heterocycles. The number of amides is 1. The third-order valence-corrected chi connectivity index (χ3v) is 2.57. The summed E-state index contributed by atoms with van der Waals surface area (Å²) in [4.78, 5) is 11.1. The maximum Gasteiger partial charge on any atom is 0.230 e. The lowest BCUT2D eigenvalue weighted by Crippen LogP contribution is -2.35. The van der Waals surface area contributed by atoms with E-state index in [9.17, 15) is 4.79 Å². The van der Waals surface area contributed by atoms with Gasteiger partial charge in [0.05, 0.1) is 5.75 Å². The van der Waals surface area contributed by atoms with Crippen LogP contribution in [-0.4, -0.2) is 29.5 Å². The van der Waals surface area contributed by atoms with E-state index in [0.29, 0.717) is 12.3 Å². The van der Waals surface area contributed by atoms with Gasteiger partial charge in [0.2, 0.25) is 5.91 Å². The first kappa shape index (κ1) is 12.5. The number of carbonyl (C=O) groups is 1. The largest absolute Gasteiger partial charge is 0.352 e. The van der Waals surface area contributed by atoms with E-state index in [0.717, 1.165) is 5.75 Å². The molecular weight excluding hydrogens is 184 g/mol. The third kappa shape index (κ3) is 9.43. The van der Waals surface area contributed by atoms with Crippen LogP contribution in [0.15, 0.2) is 12.7 Å². The number of hydrogen-bond acceptors (Lipinski definition) is 3. The standard InChI is InChI=1S/C9H18N2OS/c1-4-5-11-8(12)6-13-7-9(2,3)10/h4H,1,5-7,10H2,2-3H3,(H,11,12). The van der Waals surface area contributed by atoms with Crippen LogP contribution in [0.5, 0.6) is 0 Å². The van der Waals surface area contributed by atoms with Crippen molar-refractivity contribution in [1.29, 1.82) is 0 Å². The van der Waals surface area contributed by atoms with Gasteiger partial charge in [-0.1, -0.05) is 6.08 Å². The molecule has 3 N–H and O–H groups in total. The molecule has 0 bridgehead atoms. The summed E-state index contributed by atoms with van der Waals surface area (Å²) in [5.74, 6) is 1.29. The van der Waals surface area contributed by atoms with Crippen molar-refractivity contribution in [2.45, 2.75) is 19.4 Å². The zero-order valence-corrected chi connectivity index (χ0v) is 9.12. The maximum atomic E-state index is 11.1. The predicted octanol–water partition coefficient (Wildman–Crippen LogP) is 0.759. The van der Waals surface area contributed by atoms with E-state index in [2.05, 4.69) is 11.9 Å². The van der Waals surface area contributed by atoms with Crippen molar-refractivity contribution >= 4 is 17.7 Å². The number of hydrogen-bond donors (Lipinski definition) is 2. The van der Waals surface area contributed by atoms with Crippen LogP contribution in [0.2, 0.25) is 0 Å². The molecule has 0 radical (unpaired) electrons. The highest BCUT2D eigenvalue weighted by Crippen LogP contribution is 2.08. The summed E-state index contributed by atoms with van der Waals surface area (Å²) in [6.07, 6.45) is 1.66. The van der Waals surface area contributed by atoms with Crippen LogP contribution in [0.25, 0.3) is 0 Å². The first-order valence-electron chi connectivity index (χ1n) is 4.20. The highest BCUT2D eigenvalue weighted by Gasteiger charge is 2.11. The Balaban J connectivity index is 3.42. The summed E-state index contributed by atoms with van der Waals surface area (Å²) < 4.78 is 0. The quantitative estimate of drug-likeness (QED) is 0.625. The lowest BCUT2D eigenvalue weighted by atomic mass is 10.1. The predicted molar refractivity (Wildman–Crippen MR) is 58.8 cm³/mol. The average Bonchev–Trinajstić information content (AvgIpc) is 1.98. The van der Waals surface area contributed by atoms with Gasteiger partial charge >= 0.3 is 0 Å². The Hall–Kier alpha value is -0.480. The van der Waals surface area contributed by atoms with E-state index in [4.69, 9.17) is 5.73 Å². The Morgan fingerprint density at radius 3 is 2.77 bits per heavy atom. The smallest absolute Gasteiger partial charge is 0.230 e. The molecule has 3 nitrogen and oxygen atoms in total. The zero-order valence-electron chi connectivity index (χ0n) is 8.30. The molecule has 0 unspecified atom stereocenters. The van der Waals surface area contributed by atoms with Crippen molar-refractivity contribution in [3.63, 3.8) is 0 Å². The molecule has 0 rings (SSSR count). The molecule has 0 aromatic rings. The minimum Gasteiger partial charge on any atom is -0.352 e. The third-order valence-electron chi connectivity index (χ3n) is 1.15. The van der Waals surface area contributed by atoms with Crippen molar-refractivity contribution in [1.82, 2.24) is 5.32 Å². The van der Waals surface area contributed by atoms with Gasteiger partial charge in [-0.25, -0.2) is 0 Å². The van der Waals surface area contributed by atoms with Crippen LogP contribution in [0.1, 0.15) is 13.8 Å². The fourth-order valence-corrected chi connectivity index (χ4v) is 1.56. The van der Waals surface area contributed by atoms with E-state index in [1.165, 1.54) is 0 Å². The molecule has 0 atom stereocenters. The second kappa shape index (κ2) is 6.05. The molecule has 1 amide bonds. The number of rotatable bonds is 6. The average molecular weight is 202 g/mol. The molecule has 13 heavy (non-hydrogen) atoms. The van der Waals surface area contributed by atoms with E-state index in [1.807, 2.05) is 13.8 Å². The molecule has 76 valence electrons. The molecule has 0 heterocycles. The summed E-state index contributed by atoms with van der Waals surface area (Å²) in [7, 11) is 0. The highest BCUT2D eigenvalue weighted by molar-refractivity contribution is 8.00. The highest BCUT2D eigenvalue weighted by atomic mass is 32.2. The van der Waals surface area contributed by atoms with Crippen molar-refractivity contribution < 1.29 is 4.79 Å². The normalized spacial score (nSPS) is 11.0. The lowest BCUT2D eigenvalue weighted by molar-refractivity contribution is -0.118. The second-order valence-electron chi connectivity index (χ2n) is 3.57. The summed E-state index contributed by atoms with van der Waals surface area (Å²) in [6.45, 7) is 7.94. The monoisotopic (exact) mass is 202 g/mol. The fourth-order valence-electron chi connectivity index (χ4n) is 0.644. The van der Waals surface area contributed by atoms with Gasteiger partial charge in [0.1, 0.15) is 0 Å².